The van der Waals surface area contributed by atoms with E-state index in [2.05, 4.69) is 9.47 Å². The molecule has 0 aliphatic heterocycles. The Kier molecular flexibility index (Phi) is 4.53. The molecular weight excluding hydrogens is 180 g/mol. The number of rotatable bonds is 3. The fraction of sp³-hybridized carbons (Fsp3) is 0.667. The maximum atomic E-state index is 10.4. The van der Waals surface area contributed by atoms with E-state index >= 15 is 0 Å². The van der Waals surface area contributed by atoms with Crippen molar-refractivity contribution in [3.8, 4) is 0 Å². The van der Waals surface area contributed by atoms with Crippen LogP contribution in [0.2, 0.25) is 6.55 Å². The lowest BCUT2D eigenvalue weighted by Crippen LogP contribution is -2.36. The van der Waals surface area contributed by atoms with Crippen LogP contribution >= 0.6 is 0 Å². The average Bonchev–Trinajstić information content (AvgIpc) is 1.83. The van der Waals surface area contributed by atoms with Gasteiger partial charge in [-0.2, -0.15) is 0 Å². The molecule has 0 aliphatic rings. The smallest absolute Gasteiger partial charge is 0.305 e. The first-order valence-electron chi connectivity index (χ1n) is 3.30. The molecule has 0 atom stereocenters. The van der Waals surface area contributed by atoms with Crippen molar-refractivity contribution in [3.63, 3.8) is 0 Å². The van der Waals surface area contributed by atoms with Crippen LogP contribution in [0.1, 0.15) is 13.8 Å². The molecule has 0 amide bonds. The van der Waals surface area contributed by atoms with E-state index in [1.54, 1.807) is 0 Å². The maximum Gasteiger partial charge on any atom is 0.305 e. The highest BCUT2D eigenvalue weighted by molar-refractivity contribution is 6.50. The molecule has 0 saturated carbocycles. The van der Waals surface area contributed by atoms with Gasteiger partial charge in [-0.3, -0.25) is 9.59 Å². The molecule has 0 rings (SSSR count). The van der Waals surface area contributed by atoms with Crippen LogP contribution < -0.4 is 0 Å². The van der Waals surface area contributed by atoms with Crippen LogP contribution in [0.4, 0.5) is 0 Å². The summed E-state index contributed by atoms with van der Waals surface area (Å²) in [5.74, 6) is -2.27. The molecule has 0 aromatic rings. The third-order valence-electron chi connectivity index (χ3n) is 0.887. The van der Waals surface area contributed by atoms with Crippen molar-refractivity contribution in [2.75, 3.05) is 0 Å². The highest BCUT2D eigenvalue weighted by Crippen LogP contribution is 1.99. The van der Waals surface area contributed by atoms with Gasteiger partial charge in [0.2, 0.25) is 0 Å². The van der Waals surface area contributed by atoms with Gasteiger partial charge in [0, 0.05) is 13.8 Å². The Balaban J connectivity index is 4.04. The van der Waals surface area contributed by atoms with Crippen molar-refractivity contribution in [1.82, 2.24) is 0 Å². The number of ether oxygens (including phenoxy) is 2. The molecule has 0 unspecified atom stereocenters. The molecule has 0 aliphatic carbocycles. The van der Waals surface area contributed by atoms with Crippen LogP contribution in [0.5, 0.6) is 0 Å². The van der Waals surface area contributed by atoms with Crippen LogP contribution in [0, 0.1) is 0 Å². The second kappa shape index (κ2) is 4.89. The number of carbonyl (C=O) groups excluding carboxylic acids is 2. The third kappa shape index (κ3) is 4.86. The molecule has 69 valence electrons. The molecule has 1 N–H and O–H groups in total. The van der Waals surface area contributed by atoms with Gasteiger partial charge in [-0.05, 0) is 6.55 Å². The zero-order valence-electron chi connectivity index (χ0n) is 7.16. The van der Waals surface area contributed by atoms with Crippen LogP contribution in [0.15, 0.2) is 0 Å². The summed E-state index contributed by atoms with van der Waals surface area (Å²) in [6, 6.07) is 0. The van der Waals surface area contributed by atoms with Gasteiger partial charge < -0.3 is 14.3 Å². The minimum absolute atomic E-state index is 0.584. The summed E-state index contributed by atoms with van der Waals surface area (Å²) < 4.78 is 9.07. The Bertz CT molecular complexity index is 163. The molecule has 0 heterocycles. The minimum Gasteiger partial charge on any atom is -0.427 e. The number of carbonyl (C=O) groups is 2. The molecule has 0 saturated heterocycles. The van der Waals surface area contributed by atoms with Crippen molar-refractivity contribution in [2.24, 2.45) is 0 Å². The van der Waals surface area contributed by atoms with Gasteiger partial charge in [-0.25, -0.2) is 0 Å². The van der Waals surface area contributed by atoms with Crippen LogP contribution in [0.3, 0.4) is 0 Å². The highest BCUT2D eigenvalue weighted by Gasteiger charge is 2.23. The number of hydrogen-bond acceptors (Lipinski definition) is 5. The molecule has 1 radical (unpaired) electrons. The molecule has 0 aromatic heterocycles. The van der Waals surface area contributed by atoms with Crippen LogP contribution in [-0.4, -0.2) is 31.7 Å². The second-order valence-corrected chi connectivity index (χ2v) is 3.95. The van der Waals surface area contributed by atoms with Crippen LogP contribution in [-0.2, 0) is 19.1 Å². The molecule has 5 nitrogen and oxygen atoms in total. The molecule has 12 heavy (non-hydrogen) atoms. The largest absolute Gasteiger partial charge is 0.427 e. The number of hydrogen-bond donors (Lipinski definition) is 1. The molecule has 0 bridgehead atoms. The van der Waals surface area contributed by atoms with E-state index in [9.17, 15) is 9.59 Å². The van der Waals surface area contributed by atoms with E-state index in [4.69, 9.17) is 4.80 Å². The summed E-state index contributed by atoms with van der Waals surface area (Å²) in [7, 11) is -1.95. The van der Waals surface area contributed by atoms with E-state index < -0.39 is 26.9 Å². The van der Waals surface area contributed by atoms with E-state index in [1.807, 2.05) is 0 Å². The van der Waals surface area contributed by atoms with Gasteiger partial charge in [-0.15, -0.1) is 0 Å². The van der Waals surface area contributed by atoms with Crippen molar-refractivity contribution < 1.29 is 23.9 Å². The Morgan fingerprint density at radius 3 is 1.75 bits per heavy atom. The summed E-state index contributed by atoms with van der Waals surface area (Å²) in [4.78, 5) is 29.9. The van der Waals surface area contributed by atoms with Gasteiger partial charge in [0.15, 0.2) is 0 Å². The Morgan fingerprint density at radius 2 is 1.58 bits per heavy atom. The molecule has 0 fully saturated rings. The minimum atomic E-state index is -1.95. The normalized spacial score (nSPS) is 10.2. The predicted octanol–water partition coefficient (Wildman–Crippen LogP) is -0.409. The summed E-state index contributed by atoms with van der Waals surface area (Å²) in [5.41, 5.74) is 0. The first-order valence-corrected chi connectivity index (χ1v) is 5.32. The van der Waals surface area contributed by atoms with Gasteiger partial charge >= 0.3 is 21.0 Å². The first-order chi connectivity index (χ1) is 5.43. The average molecular weight is 191 g/mol. The summed E-state index contributed by atoms with van der Waals surface area (Å²) >= 11 is 0. The van der Waals surface area contributed by atoms with Gasteiger partial charge in [-0.1, -0.05) is 0 Å². The lowest BCUT2D eigenvalue weighted by atomic mass is 10.8. The highest BCUT2D eigenvalue weighted by atomic mass is 28.3. The van der Waals surface area contributed by atoms with Crippen molar-refractivity contribution in [3.05, 3.63) is 0 Å². The fourth-order valence-corrected chi connectivity index (χ4v) is 1.17. The predicted molar refractivity (Wildman–Crippen MR) is 41.2 cm³/mol. The Hall–Kier alpha value is -0.883. The molecular formula is C6H11O5Si. The molecule has 0 spiro atoms. The fourth-order valence-electron chi connectivity index (χ4n) is 0.496. The van der Waals surface area contributed by atoms with E-state index in [-0.39, 0.29) is 0 Å². The maximum absolute atomic E-state index is 10.4. The zero-order valence-corrected chi connectivity index (χ0v) is 8.16. The van der Waals surface area contributed by atoms with Crippen molar-refractivity contribution in [1.29, 1.82) is 0 Å². The SMILES string of the molecule is CC(=O)OC(OC(C)=O)[Si](C)O. The van der Waals surface area contributed by atoms with Crippen molar-refractivity contribution >= 4 is 21.0 Å². The second-order valence-electron chi connectivity index (χ2n) is 2.19. The standard InChI is InChI=1S/C6H11O5Si/c1-4(7)10-6(12(3)9)11-5(2)8/h6,9H,1-3H3. The van der Waals surface area contributed by atoms with Gasteiger partial charge in [0.1, 0.15) is 0 Å². The summed E-state index contributed by atoms with van der Waals surface area (Å²) in [5, 5.41) is 0. The first kappa shape index (κ1) is 11.1. The quantitative estimate of drug-likeness (QED) is 0.373. The van der Waals surface area contributed by atoms with E-state index in [1.165, 1.54) is 20.4 Å². The zero-order chi connectivity index (χ0) is 9.72. The van der Waals surface area contributed by atoms with Gasteiger partial charge in [0.25, 0.3) is 5.91 Å². The summed E-state index contributed by atoms with van der Waals surface area (Å²) in [6.07, 6.45) is 0. The van der Waals surface area contributed by atoms with Gasteiger partial charge in [0.05, 0.1) is 0 Å². The lowest BCUT2D eigenvalue weighted by Gasteiger charge is -2.16. The molecule has 0 aromatic carbocycles. The topological polar surface area (TPSA) is 72.8 Å². The number of esters is 2. The third-order valence-corrected chi connectivity index (χ3v) is 1.81. The van der Waals surface area contributed by atoms with Crippen molar-refractivity contribution in [2.45, 2.75) is 26.3 Å². The van der Waals surface area contributed by atoms with Crippen LogP contribution in [0.25, 0.3) is 0 Å². The van der Waals surface area contributed by atoms with E-state index in [0.29, 0.717) is 0 Å². The summed E-state index contributed by atoms with van der Waals surface area (Å²) in [6.45, 7) is 3.82. The lowest BCUT2D eigenvalue weighted by molar-refractivity contribution is -0.173. The Labute approximate surface area is 72.0 Å². The van der Waals surface area contributed by atoms with E-state index in [0.717, 1.165) is 0 Å². The Morgan fingerprint density at radius 1 is 1.25 bits per heavy atom. The monoisotopic (exact) mass is 191 g/mol. The molecule has 6 heteroatoms.